The second kappa shape index (κ2) is 10.00. The molecule has 0 heterocycles. The summed E-state index contributed by atoms with van der Waals surface area (Å²) in [6, 6.07) is 5.08. The van der Waals surface area contributed by atoms with E-state index in [0.717, 1.165) is 32.1 Å². The monoisotopic (exact) mass is 414 g/mol. The van der Waals surface area contributed by atoms with E-state index in [9.17, 15) is 19.7 Å². The normalized spacial score (nSPS) is 24.1. The summed E-state index contributed by atoms with van der Waals surface area (Å²) < 4.78 is 0. The molecule has 30 heavy (non-hydrogen) atoms. The maximum Gasteiger partial charge on any atom is 0.339 e. The van der Waals surface area contributed by atoms with E-state index >= 15 is 0 Å². The van der Waals surface area contributed by atoms with Crippen molar-refractivity contribution in [2.75, 3.05) is 5.32 Å². The average Bonchev–Trinajstić information content (AvgIpc) is 3.26. The maximum absolute atomic E-state index is 12.0. The number of aliphatic carboxylic acids is 1. The molecule has 2 aliphatic rings. The quantitative estimate of drug-likeness (QED) is 0.191. The summed E-state index contributed by atoms with van der Waals surface area (Å²) in [5.41, 5.74) is 4.28. The summed E-state index contributed by atoms with van der Waals surface area (Å²) >= 11 is 0. The first-order valence-electron chi connectivity index (χ1n) is 10.2. The molecule has 9 nitrogen and oxygen atoms in total. The Morgan fingerprint density at radius 3 is 2.70 bits per heavy atom. The summed E-state index contributed by atoms with van der Waals surface area (Å²) in [6.07, 6.45) is 9.99. The number of carbonyl (C=O) groups is 2. The number of nitro groups is 1. The molecule has 2 fully saturated rings. The van der Waals surface area contributed by atoms with Crippen LogP contribution in [0.1, 0.15) is 44.9 Å². The first-order chi connectivity index (χ1) is 14.4. The second-order valence-corrected chi connectivity index (χ2v) is 7.87. The van der Waals surface area contributed by atoms with Crippen molar-refractivity contribution in [2.45, 2.75) is 44.9 Å². The Labute approximate surface area is 174 Å². The number of nitro benzene ring substituents is 1. The molecule has 3 rings (SSSR count). The number of carboxylic acid groups (broad SMARTS) is 1. The number of hydrogen-bond acceptors (Lipinski definition) is 5. The Balaban J connectivity index is 1.44. The van der Waals surface area contributed by atoms with Crippen LogP contribution < -0.4 is 10.7 Å². The van der Waals surface area contributed by atoms with Crippen molar-refractivity contribution in [3.8, 4) is 0 Å². The summed E-state index contributed by atoms with van der Waals surface area (Å²) in [7, 11) is 0. The van der Waals surface area contributed by atoms with E-state index in [4.69, 9.17) is 5.11 Å². The maximum atomic E-state index is 12.0. The van der Waals surface area contributed by atoms with Gasteiger partial charge in [0.15, 0.2) is 0 Å². The first-order valence-corrected chi connectivity index (χ1v) is 10.2. The van der Waals surface area contributed by atoms with Crippen molar-refractivity contribution in [1.82, 2.24) is 5.43 Å². The van der Waals surface area contributed by atoms with Crippen LogP contribution in [0.2, 0.25) is 0 Å². The highest BCUT2D eigenvalue weighted by atomic mass is 16.6. The Morgan fingerprint density at radius 1 is 1.23 bits per heavy atom. The van der Waals surface area contributed by atoms with E-state index in [1.54, 1.807) is 0 Å². The lowest BCUT2D eigenvalue weighted by Crippen LogP contribution is -2.25. The molecule has 2 amide bonds. The number of urea groups is 1. The number of carboxylic acids is 1. The van der Waals surface area contributed by atoms with Gasteiger partial charge in [-0.05, 0) is 68.4 Å². The van der Waals surface area contributed by atoms with Crippen LogP contribution in [0.15, 0.2) is 41.0 Å². The minimum atomic E-state index is -0.752. The number of carbonyl (C=O) groups excluding carboxylic acids is 1. The number of benzene rings is 1. The van der Waals surface area contributed by atoms with Crippen LogP contribution in [-0.2, 0) is 4.79 Å². The zero-order valence-corrected chi connectivity index (χ0v) is 16.6. The molecule has 2 aliphatic carbocycles. The summed E-state index contributed by atoms with van der Waals surface area (Å²) in [5, 5.41) is 26.0. The van der Waals surface area contributed by atoms with Gasteiger partial charge in [-0.25, -0.2) is 10.2 Å². The molecule has 0 unspecified atom stereocenters. The minimum absolute atomic E-state index is 0.0402. The van der Waals surface area contributed by atoms with Crippen LogP contribution in [0, 0.1) is 27.9 Å². The third-order valence-corrected chi connectivity index (χ3v) is 5.84. The van der Waals surface area contributed by atoms with Crippen molar-refractivity contribution >= 4 is 29.6 Å². The minimum Gasteiger partial charge on any atom is -0.481 e. The van der Waals surface area contributed by atoms with Crippen LogP contribution >= 0.6 is 0 Å². The lowest BCUT2D eigenvalue weighted by atomic mass is 9.93. The van der Waals surface area contributed by atoms with Crippen LogP contribution in [0.25, 0.3) is 0 Å². The number of fused-ring (bicyclic) bond motifs is 1. The van der Waals surface area contributed by atoms with E-state index in [-0.39, 0.29) is 12.1 Å². The Morgan fingerprint density at radius 2 is 2.00 bits per heavy atom. The number of rotatable bonds is 8. The number of anilines is 1. The highest BCUT2D eigenvalue weighted by Gasteiger charge is 2.40. The topological polar surface area (TPSA) is 134 Å². The zero-order chi connectivity index (χ0) is 21.5. The number of hydrazone groups is 1. The average molecular weight is 414 g/mol. The third-order valence-electron chi connectivity index (χ3n) is 5.84. The number of nitrogens with zero attached hydrogens (tertiary/aromatic N) is 2. The van der Waals surface area contributed by atoms with Crippen molar-refractivity contribution < 1.29 is 19.6 Å². The molecule has 3 atom stereocenters. The van der Waals surface area contributed by atoms with E-state index in [0.29, 0.717) is 29.9 Å². The number of allylic oxidation sites excluding steroid dienone is 2. The van der Waals surface area contributed by atoms with Crippen molar-refractivity contribution in [3.63, 3.8) is 0 Å². The molecule has 2 saturated carbocycles. The van der Waals surface area contributed by atoms with Gasteiger partial charge in [0.1, 0.15) is 0 Å². The molecular formula is C21H26N4O5. The molecule has 0 bridgehead atoms. The highest BCUT2D eigenvalue weighted by molar-refractivity contribution is 5.89. The second-order valence-electron chi connectivity index (χ2n) is 7.87. The van der Waals surface area contributed by atoms with Gasteiger partial charge in [0.05, 0.1) is 4.92 Å². The number of unbranched alkanes of at least 4 members (excludes halogenated alkanes) is 1. The van der Waals surface area contributed by atoms with Gasteiger partial charge < -0.3 is 10.4 Å². The van der Waals surface area contributed by atoms with Crippen LogP contribution in [0.3, 0.4) is 0 Å². The van der Waals surface area contributed by atoms with Crippen LogP contribution in [-0.4, -0.2) is 28.2 Å². The van der Waals surface area contributed by atoms with Gasteiger partial charge in [-0.15, -0.1) is 0 Å². The van der Waals surface area contributed by atoms with E-state index in [2.05, 4.69) is 21.9 Å². The summed E-state index contributed by atoms with van der Waals surface area (Å²) in [5.74, 6) is 0.734. The van der Waals surface area contributed by atoms with Gasteiger partial charge in [-0.2, -0.15) is 5.10 Å². The molecule has 1 aromatic rings. The lowest BCUT2D eigenvalue weighted by Gasteiger charge is -2.13. The Hall–Kier alpha value is -3.23. The SMILES string of the molecule is O=C(O)CCC/C=C1\C[C@H]2CC[C@H](/C=N/NC(=O)Nc3ccc([N+](=O)[O-])cc3)[C@H]2C1. The number of nitrogens with one attached hydrogen (secondary N) is 2. The number of non-ortho nitro benzene ring substituents is 1. The predicted octanol–water partition coefficient (Wildman–Crippen LogP) is 4.32. The Kier molecular flexibility index (Phi) is 7.16. The Bertz CT molecular complexity index is 849. The number of amides is 2. The molecule has 1 aromatic carbocycles. The van der Waals surface area contributed by atoms with Gasteiger partial charge in [-0.3, -0.25) is 14.9 Å². The summed E-state index contributed by atoms with van der Waals surface area (Å²) in [6.45, 7) is 0. The fraction of sp³-hybridized carbons (Fsp3) is 0.476. The fourth-order valence-corrected chi connectivity index (χ4v) is 4.41. The molecule has 9 heteroatoms. The van der Waals surface area contributed by atoms with Gasteiger partial charge in [0.25, 0.3) is 5.69 Å². The van der Waals surface area contributed by atoms with Gasteiger partial charge in [0, 0.05) is 30.5 Å². The predicted molar refractivity (Wildman–Crippen MR) is 112 cm³/mol. The van der Waals surface area contributed by atoms with Gasteiger partial charge >= 0.3 is 12.0 Å². The van der Waals surface area contributed by atoms with Crippen molar-refractivity contribution in [1.29, 1.82) is 0 Å². The first kappa shape index (κ1) is 21.5. The lowest BCUT2D eigenvalue weighted by molar-refractivity contribution is -0.384. The van der Waals surface area contributed by atoms with E-state index in [1.165, 1.54) is 29.8 Å². The molecule has 160 valence electrons. The van der Waals surface area contributed by atoms with Crippen LogP contribution in [0.4, 0.5) is 16.2 Å². The number of hydrogen-bond donors (Lipinski definition) is 3. The largest absolute Gasteiger partial charge is 0.481 e. The molecule has 0 radical (unpaired) electrons. The molecular weight excluding hydrogens is 388 g/mol. The fourth-order valence-electron chi connectivity index (χ4n) is 4.41. The zero-order valence-electron chi connectivity index (χ0n) is 16.6. The van der Waals surface area contributed by atoms with Crippen molar-refractivity contribution in [2.24, 2.45) is 22.9 Å². The summed E-state index contributed by atoms with van der Waals surface area (Å²) in [4.78, 5) is 32.7. The standard InChI is InChI=1S/C21H26N4O5/c26-20(27)4-2-1-3-14-11-15-5-6-16(19(15)12-14)13-22-24-21(28)23-17-7-9-18(10-8-17)25(29)30/h3,7-10,13,15-16,19H,1-2,4-6,11-12H2,(H,26,27)(H2,23,24,28)/b14-3+,22-13+/t15-,16-,19+/m1/s1. The molecule has 0 spiro atoms. The van der Waals surface area contributed by atoms with Crippen LogP contribution in [0.5, 0.6) is 0 Å². The third kappa shape index (κ3) is 5.88. The van der Waals surface area contributed by atoms with Crippen molar-refractivity contribution in [3.05, 3.63) is 46.0 Å². The molecule has 0 aliphatic heterocycles. The van der Waals surface area contributed by atoms with E-state index < -0.39 is 16.9 Å². The molecule has 3 N–H and O–H groups in total. The molecule has 0 saturated heterocycles. The van der Waals surface area contributed by atoms with E-state index in [1.807, 2.05) is 6.21 Å². The highest BCUT2D eigenvalue weighted by Crippen LogP contribution is 2.49. The molecule has 0 aromatic heterocycles. The van der Waals surface area contributed by atoms with Gasteiger partial charge in [0.2, 0.25) is 0 Å². The van der Waals surface area contributed by atoms with Gasteiger partial charge in [-0.1, -0.05) is 11.6 Å². The smallest absolute Gasteiger partial charge is 0.339 e.